The lowest BCUT2D eigenvalue weighted by Gasteiger charge is -2.50. The van der Waals surface area contributed by atoms with Crippen LogP contribution in [0.25, 0.3) is 0 Å². The number of likely N-dealkylation sites (tertiary alicyclic amines) is 1. The fourth-order valence-electron chi connectivity index (χ4n) is 3.88. The Morgan fingerprint density at radius 3 is 2.52 bits per heavy atom. The van der Waals surface area contributed by atoms with Gasteiger partial charge in [0.15, 0.2) is 0 Å². The number of halogens is 1. The minimum absolute atomic E-state index is 0.118. The first-order valence-corrected chi connectivity index (χ1v) is 9.11. The van der Waals surface area contributed by atoms with Crippen molar-refractivity contribution < 1.29 is 23.8 Å². The van der Waals surface area contributed by atoms with E-state index in [1.807, 2.05) is 20.8 Å². The van der Waals surface area contributed by atoms with Crippen LogP contribution in [0.4, 0.5) is 9.18 Å². The minimum atomic E-state index is -0.961. The normalized spacial score (nSPS) is 23.0. The molecule has 5 nitrogen and oxygen atoms in total. The summed E-state index contributed by atoms with van der Waals surface area (Å²) >= 11 is 0. The van der Waals surface area contributed by atoms with Crippen LogP contribution in [0.2, 0.25) is 0 Å². The van der Waals surface area contributed by atoms with E-state index in [1.165, 1.54) is 23.1 Å². The number of amides is 1. The van der Waals surface area contributed by atoms with Crippen molar-refractivity contribution in [2.45, 2.75) is 51.5 Å². The molecule has 2 atom stereocenters. The van der Waals surface area contributed by atoms with Crippen LogP contribution >= 0.6 is 0 Å². The topological polar surface area (TPSA) is 66.8 Å². The Bertz CT molecular complexity index is 695. The molecule has 1 saturated heterocycles. The zero-order valence-electron chi connectivity index (χ0n) is 16.2. The van der Waals surface area contributed by atoms with Crippen LogP contribution in [0.5, 0.6) is 0 Å². The van der Waals surface area contributed by atoms with Crippen molar-refractivity contribution in [3.8, 4) is 0 Å². The van der Waals surface area contributed by atoms with Gasteiger partial charge in [0, 0.05) is 18.0 Å². The Morgan fingerprint density at radius 2 is 2.00 bits per heavy atom. The van der Waals surface area contributed by atoms with Crippen LogP contribution in [0, 0.1) is 11.2 Å². The van der Waals surface area contributed by atoms with Crippen molar-refractivity contribution in [1.29, 1.82) is 0 Å². The molecule has 0 radical (unpaired) electrons. The zero-order chi connectivity index (χ0) is 20.2. The van der Waals surface area contributed by atoms with E-state index in [-0.39, 0.29) is 36.3 Å². The third-order valence-corrected chi connectivity index (χ3v) is 5.34. The summed E-state index contributed by atoms with van der Waals surface area (Å²) in [6.07, 6.45) is 1.61. The van der Waals surface area contributed by atoms with E-state index in [0.717, 1.165) is 5.56 Å². The monoisotopic (exact) mass is 377 g/mol. The number of hydrogen-bond acceptors (Lipinski definition) is 3. The maximum Gasteiger partial charge on any atom is 0.407 e. The highest BCUT2D eigenvalue weighted by Gasteiger charge is 2.47. The van der Waals surface area contributed by atoms with Crippen LogP contribution in [0.15, 0.2) is 36.9 Å². The van der Waals surface area contributed by atoms with Gasteiger partial charge in [-0.1, -0.05) is 45.6 Å². The summed E-state index contributed by atoms with van der Waals surface area (Å²) < 4.78 is 18.7. The predicted octanol–water partition coefficient (Wildman–Crippen LogP) is 4.37. The molecular formula is C21H28FNO4. The minimum Gasteiger partial charge on any atom is -0.465 e. The highest BCUT2D eigenvalue weighted by Crippen LogP contribution is 2.45. The molecule has 0 saturated carbocycles. The van der Waals surface area contributed by atoms with Gasteiger partial charge in [0.1, 0.15) is 12.4 Å². The second-order valence-electron chi connectivity index (χ2n) is 8.25. The average Bonchev–Trinajstić information content (AvgIpc) is 2.59. The Balaban J connectivity index is 2.43. The van der Waals surface area contributed by atoms with E-state index in [4.69, 9.17) is 4.74 Å². The zero-order valence-corrected chi connectivity index (χ0v) is 16.2. The Hall–Kier alpha value is -2.37. The molecule has 2 unspecified atom stereocenters. The number of carbonyl (C=O) groups is 2. The second kappa shape index (κ2) is 8.11. The number of carbonyl (C=O) groups excluding carboxylic acids is 1. The SMILES string of the molecule is C=CCOC(=O)CC1(c2ccc(F)cc2)CCN(C(=O)O)C(C(C)(C)C)C1. The summed E-state index contributed by atoms with van der Waals surface area (Å²) in [4.78, 5) is 25.6. The number of rotatable bonds is 5. The van der Waals surface area contributed by atoms with Gasteiger partial charge in [-0.05, 0) is 36.0 Å². The number of carboxylic acid groups (broad SMARTS) is 1. The van der Waals surface area contributed by atoms with Crippen molar-refractivity contribution in [1.82, 2.24) is 4.90 Å². The van der Waals surface area contributed by atoms with Gasteiger partial charge in [0.2, 0.25) is 0 Å². The third kappa shape index (κ3) is 4.87. The highest BCUT2D eigenvalue weighted by molar-refractivity contribution is 5.72. The average molecular weight is 377 g/mol. The molecule has 0 aromatic heterocycles. The van der Waals surface area contributed by atoms with Gasteiger partial charge >= 0.3 is 12.1 Å². The molecule has 1 N–H and O–H groups in total. The molecule has 1 aliphatic heterocycles. The van der Waals surface area contributed by atoms with E-state index in [1.54, 1.807) is 12.1 Å². The maximum atomic E-state index is 13.5. The Kier molecular flexibility index (Phi) is 6.29. The standard InChI is InChI=1S/C21H28FNO4/c1-5-12-27-18(24)14-21(15-6-8-16(22)9-7-15)10-11-23(19(25)26)17(13-21)20(2,3)4/h5-9,17H,1,10-14H2,2-4H3,(H,25,26). The summed E-state index contributed by atoms with van der Waals surface area (Å²) in [7, 11) is 0. The number of benzene rings is 1. The quantitative estimate of drug-likeness (QED) is 0.611. The van der Waals surface area contributed by atoms with Gasteiger partial charge in [0.25, 0.3) is 0 Å². The maximum absolute atomic E-state index is 13.5. The second-order valence-corrected chi connectivity index (χ2v) is 8.25. The van der Waals surface area contributed by atoms with E-state index >= 15 is 0 Å². The summed E-state index contributed by atoms with van der Waals surface area (Å²) in [6, 6.07) is 5.85. The fourth-order valence-corrected chi connectivity index (χ4v) is 3.88. The van der Waals surface area contributed by atoms with Crippen LogP contribution in [0.1, 0.15) is 45.6 Å². The number of esters is 1. The van der Waals surface area contributed by atoms with E-state index in [0.29, 0.717) is 19.4 Å². The molecule has 2 rings (SSSR count). The van der Waals surface area contributed by atoms with Gasteiger partial charge in [-0.15, -0.1) is 0 Å². The number of ether oxygens (including phenoxy) is 1. The first-order chi connectivity index (χ1) is 12.6. The molecule has 6 heteroatoms. The van der Waals surface area contributed by atoms with Crippen LogP contribution in [0.3, 0.4) is 0 Å². The van der Waals surface area contributed by atoms with Gasteiger partial charge < -0.3 is 14.7 Å². The molecule has 0 spiro atoms. The molecule has 1 fully saturated rings. The summed E-state index contributed by atoms with van der Waals surface area (Å²) in [5, 5.41) is 9.62. The van der Waals surface area contributed by atoms with Crippen LogP contribution < -0.4 is 0 Å². The van der Waals surface area contributed by atoms with Crippen molar-refractivity contribution in [2.24, 2.45) is 5.41 Å². The van der Waals surface area contributed by atoms with E-state index in [2.05, 4.69) is 6.58 Å². The highest BCUT2D eigenvalue weighted by atomic mass is 19.1. The molecule has 1 amide bonds. The number of nitrogens with zero attached hydrogens (tertiary/aromatic N) is 1. The molecule has 1 heterocycles. The van der Waals surface area contributed by atoms with Gasteiger partial charge in [-0.3, -0.25) is 4.79 Å². The first-order valence-electron chi connectivity index (χ1n) is 9.11. The van der Waals surface area contributed by atoms with Crippen molar-refractivity contribution in [2.75, 3.05) is 13.2 Å². The van der Waals surface area contributed by atoms with Crippen LogP contribution in [-0.2, 0) is 14.9 Å². The van der Waals surface area contributed by atoms with Crippen molar-refractivity contribution in [3.63, 3.8) is 0 Å². The van der Waals surface area contributed by atoms with E-state index < -0.39 is 11.5 Å². The van der Waals surface area contributed by atoms with Gasteiger partial charge in [-0.25, -0.2) is 9.18 Å². The van der Waals surface area contributed by atoms with Gasteiger partial charge in [0.05, 0.1) is 6.42 Å². The van der Waals surface area contributed by atoms with Crippen molar-refractivity contribution in [3.05, 3.63) is 48.3 Å². The molecule has 1 aromatic rings. The molecule has 1 aromatic carbocycles. The summed E-state index contributed by atoms with van der Waals surface area (Å²) in [6.45, 7) is 9.96. The molecule has 27 heavy (non-hydrogen) atoms. The molecule has 0 bridgehead atoms. The van der Waals surface area contributed by atoms with Gasteiger partial charge in [-0.2, -0.15) is 0 Å². The fraction of sp³-hybridized carbons (Fsp3) is 0.524. The largest absolute Gasteiger partial charge is 0.465 e. The molecule has 0 aliphatic carbocycles. The Morgan fingerprint density at radius 1 is 1.37 bits per heavy atom. The smallest absolute Gasteiger partial charge is 0.407 e. The Labute approximate surface area is 159 Å². The first kappa shape index (κ1) is 20.9. The predicted molar refractivity (Wildman–Crippen MR) is 101 cm³/mol. The third-order valence-electron chi connectivity index (χ3n) is 5.34. The lowest BCUT2D eigenvalue weighted by molar-refractivity contribution is -0.144. The summed E-state index contributed by atoms with van der Waals surface area (Å²) in [5.41, 5.74) is -0.0796. The molecular weight excluding hydrogens is 349 g/mol. The van der Waals surface area contributed by atoms with Crippen LogP contribution in [-0.4, -0.2) is 41.3 Å². The summed E-state index contributed by atoms with van der Waals surface area (Å²) in [5.74, 6) is -0.714. The van der Waals surface area contributed by atoms with E-state index in [9.17, 15) is 19.1 Å². The number of hydrogen-bond donors (Lipinski definition) is 1. The number of piperidine rings is 1. The van der Waals surface area contributed by atoms with Crippen molar-refractivity contribution >= 4 is 12.1 Å². The lowest BCUT2D eigenvalue weighted by atomic mass is 9.64. The lowest BCUT2D eigenvalue weighted by Crippen LogP contribution is -2.56. The molecule has 148 valence electrons. The molecule has 1 aliphatic rings.